The van der Waals surface area contributed by atoms with Gasteiger partial charge in [0, 0.05) is 16.5 Å². The Morgan fingerprint density at radius 1 is 1.24 bits per heavy atom. The van der Waals surface area contributed by atoms with Gasteiger partial charge in [0.25, 0.3) is 0 Å². The van der Waals surface area contributed by atoms with Gasteiger partial charge in [0.05, 0.1) is 0 Å². The number of benzene rings is 1. The van der Waals surface area contributed by atoms with E-state index >= 15 is 0 Å². The first kappa shape index (κ1) is 12.1. The van der Waals surface area contributed by atoms with Gasteiger partial charge in [0.2, 0.25) is 0 Å². The van der Waals surface area contributed by atoms with E-state index < -0.39 is 0 Å². The molecule has 1 atom stereocenters. The van der Waals surface area contributed by atoms with Gasteiger partial charge in [0.15, 0.2) is 0 Å². The van der Waals surface area contributed by atoms with Gasteiger partial charge >= 0.3 is 0 Å². The summed E-state index contributed by atoms with van der Waals surface area (Å²) in [6.07, 6.45) is 0.916. The van der Waals surface area contributed by atoms with E-state index in [1.807, 2.05) is 30.3 Å². The van der Waals surface area contributed by atoms with Crippen molar-refractivity contribution in [2.24, 2.45) is 5.73 Å². The zero-order valence-corrected chi connectivity index (χ0v) is 10.7. The van der Waals surface area contributed by atoms with Crippen molar-refractivity contribution in [3.05, 3.63) is 52.2 Å². The average molecular weight is 247 g/mol. The molecule has 0 radical (unpaired) electrons. The van der Waals surface area contributed by atoms with Crippen LogP contribution in [-0.4, -0.2) is 0 Å². The van der Waals surface area contributed by atoms with Gasteiger partial charge in [-0.1, -0.05) is 31.2 Å². The highest BCUT2D eigenvalue weighted by Crippen LogP contribution is 2.26. The van der Waals surface area contributed by atoms with Crippen molar-refractivity contribution in [3.8, 4) is 5.75 Å². The van der Waals surface area contributed by atoms with Gasteiger partial charge in [-0.25, -0.2) is 0 Å². The van der Waals surface area contributed by atoms with Crippen molar-refractivity contribution in [1.29, 1.82) is 0 Å². The zero-order valence-electron chi connectivity index (χ0n) is 9.93. The molecular weight excluding hydrogens is 230 g/mol. The first-order valence-corrected chi connectivity index (χ1v) is 6.69. The normalized spacial score (nSPS) is 12.4. The van der Waals surface area contributed by atoms with Gasteiger partial charge in [-0.2, -0.15) is 0 Å². The minimum Gasteiger partial charge on any atom is -0.488 e. The van der Waals surface area contributed by atoms with Gasteiger partial charge in [-0.15, -0.1) is 11.3 Å². The van der Waals surface area contributed by atoms with E-state index in [4.69, 9.17) is 10.5 Å². The first-order chi connectivity index (χ1) is 8.31. The van der Waals surface area contributed by atoms with Crippen LogP contribution in [0.15, 0.2) is 41.8 Å². The van der Waals surface area contributed by atoms with Crippen molar-refractivity contribution >= 4 is 11.3 Å². The zero-order chi connectivity index (χ0) is 12.1. The molecule has 1 heterocycles. The summed E-state index contributed by atoms with van der Waals surface area (Å²) >= 11 is 1.71. The number of para-hydroxylation sites is 1. The fraction of sp³-hybridized carbons (Fsp3) is 0.286. The molecule has 90 valence electrons. The van der Waals surface area contributed by atoms with Crippen LogP contribution in [-0.2, 0) is 6.61 Å². The third-order valence-electron chi connectivity index (χ3n) is 2.71. The minimum absolute atomic E-state index is 0.0505. The Labute approximate surface area is 106 Å². The molecule has 0 spiro atoms. The smallest absolute Gasteiger partial charge is 0.124 e. The highest BCUT2D eigenvalue weighted by Gasteiger charge is 2.09. The van der Waals surface area contributed by atoms with E-state index in [2.05, 4.69) is 18.4 Å². The molecule has 2 N–H and O–H groups in total. The third kappa shape index (κ3) is 3.08. The van der Waals surface area contributed by atoms with Gasteiger partial charge in [-0.3, -0.25) is 0 Å². The molecule has 1 unspecified atom stereocenters. The summed E-state index contributed by atoms with van der Waals surface area (Å²) in [5.74, 6) is 0.898. The van der Waals surface area contributed by atoms with Crippen molar-refractivity contribution in [2.45, 2.75) is 26.0 Å². The van der Waals surface area contributed by atoms with Crippen LogP contribution in [0.25, 0.3) is 0 Å². The summed E-state index contributed by atoms with van der Waals surface area (Å²) in [6, 6.07) is 12.2. The van der Waals surface area contributed by atoms with Gasteiger partial charge in [-0.05, 0) is 23.9 Å². The van der Waals surface area contributed by atoms with E-state index in [9.17, 15) is 0 Å². The fourth-order valence-electron chi connectivity index (χ4n) is 1.68. The Morgan fingerprint density at radius 2 is 2.06 bits per heavy atom. The fourth-order valence-corrected chi connectivity index (χ4v) is 2.30. The Balaban J connectivity index is 2.09. The number of rotatable bonds is 5. The lowest BCUT2D eigenvalue weighted by Gasteiger charge is -2.15. The molecule has 0 amide bonds. The SMILES string of the molecule is CCC(N)c1ccccc1OCc1cccs1. The Bertz CT molecular complexity index is 453. The van der Waals surface area contributed by atoms with E-state index in [0.717, 1.165) is 17.7 Å². The third-order valence-corrected chi connectivity index (χ3v) is 3.56. The number of nitrogens with two attached hydrogens (primary N) is 1. The molecule has 2 nitrogen and oxygen atoms in total. The van der Waals surface area contributed by atoms with Crippen molar-refractivity contribution in [2.75, 3.05) is 0 Å². The summed E-state index contributed by atoms with van der Waals surface area (Å²) < 4.78 is 5.83. The topological polar surface area (TPSA) is 35.2 Å². The minimum atomic E-state index is 0.0505. The molecular formula is C14H17NOS. The molecule has 2 rings (SSSR count). The molecule has 0 aliphatic rings. The summed E-state index contributed by atoms with van der Waals surface area (Å²) in [5.41, 5.74) is 7.16. The van der Waals surface area contributed by atoms with Crippen LogP contribution in [0.2, 0.25) is 0 Å². The largest absolute Gasteiger partial charge is 0.488 e. The molecule has 0 aliphatic carbocycles. The number of hydrogen-bond donors (Lipinski definition) is 1. The summed E-state index contributed by atoms with van der Waals surface area (Å²) in [5, 5.41) is 2.06. The molecule has 0 saturated carbocycles. The van der Waals surface area contributed by atoms with Crippen LogP contribution in [0.5, 0.6) is 5.75 Å². The molecule has 0 aliphatic heterocycles. The molecule has 17 heavy (non-hydrogen) atoms. The average Bonchev–Trinajstić information content (AvgIpc) is 2.89. The van der Waals surface area contributed by atoms with Gasteiger partial charge < -0.3 is 10.5 Å². The number of thiophene rings is 1. The van der Waals surface area contributed by atoms with Crippen molar-refractivity contribution in [1.82, 2.24) is 0 Å². The lowest BCUT2D eigenvalue weighted by Crippen LogP contribution is -2.10. The molecule has 3 heteroatoms. The predicted octanol–water partition coefficient (Wildman–Crippen LogP) is 3.74. The van der Waals surface area contributed by atoms with Crippen LogP contribution in [0.4, 0.5) is 0 Å². The predicted molar refractivity (Wildman–Crippen MR) is 72.3 cm³/mol. The summed E-state index contributed by atoms with van der Waals surface area (Å²) in [6.45, 7) is 2.70. The van der Waals surface area contributed by atoms with Crippen LogP contribution >= 0.6 is 11.3 Å². The quantitative estimate of drug-likeness (QED) is 0.873. The molecule has 0 fully saturated rings. The van der Waals surface area contributed by atoms with Crippen LogP contribution in [0, 0.1) is 0 Å². The van der Waals surface area contributed by atoms with E-state index in [1.54, 1.807) is 11.3 Å². The maximum absolute atomic E-state index is 6.07. The lowest BCUT2D eigenvalue weighted by molar-refractivity contribution is 0.304. The second-order valence-electron chi connectivity index (χ2n) is 3.92. The van der Waals surface area contributed by atoms with Crippen LogP contribution in [0.3, 0.4) is 0 Å². The van der Waals surface area contributed by atoms with Crippen molar-refractivity contribution in [3.63, 3.8) is 0 Å². The molecule has 0 bridgehead atoms. The first-order valence-electron chi connectivity index (χ1n) is 5.81. The van der Waals surface area contributed by atoms with Crippen LogP contribution < -0.4 is 10.5 Å². The lowest BCUT2D eigenvalue weighted by atomic mass is 10.0. The Kier molecular flexibility index (Phi) is 4.18. The van der Waals surface area contributed by atoms with E-state index in [1.165, 1.54) is 4.88 Å². The van der Waals surface area contributed by atoms with Gasteiger partial charge in [0.1, 0.15) is 12.4 Å². The van der Waals surface area contributed by atoms with E-state index in [0.29, 0.717) is 6.61 Å². The molecule has 0 saturated heterocycles. The van der Waals surface area contributed by atoms with Crippen molar-refractivity contribution < 1.29 is 4.74 Å². The second-order valence-corrected chi connectivity index (χ2v) is 4.95. The highest BCUT2D eigenvalue weighted by atomic mass is 32.1. The monoisotopic (exact) mass is 247 g/mol. The summed E-state index contributed by atoms with van der Waals surface area (Å²) in [4.78, 5) is 1.23. The second kappa shape index (κ2) is 5.84. The Hall–Kier alpha value is -1.32. The number of ether oxygens (including phenoxy) is 1. The molecule has 2 aromatic rings. The Morgan fingerprint density at radius 3 is 2.76 bits per heavy atom. The number of hydrogen-bond acceptors (Lipinski definition) is 3. The summed E-state index contributed by atoms with van der Waals surface area (Å²) in [7, 11) is 0. The molecule has 1 aromatic carbocycles. The standard InChI is InChI=1S/C14H17NOS/c1-2-13(15)12-7-3-4-8-14(12)16-10-11-6-5-9-17-11/h3-9,13H,2,10,15H2,1H3. The van der Waals surface area contributed by atoms with E-state index in [-0.39, 0.29) is 6.04 Å². The highest BCUT2D eigenvalue weighted by molar-refractivity contribution is 7.09. The molecule has 1 aromatic heterocycles. The maximum atomic E-state index is 6.07. The maximum Gasteiger partial charge on any atom is 0.124 e. The van der Waals surface area contributed by atoms with Crippen LogP contribution in [0.1, 0.15) is 29.8 Å².